The van der Waals surface area contributed by atoms with E-state index in [0.717, 1.165) is 61.0 Å². The number of benzene rings is 2. The highest BCUT2D eigenvalue weighted by atomic mass is 16.5. The second kappa shape index (κ2) is 11.5. The lowest BCUT2D eigenvalue weighted by atomic mass is 9.84. The number of aliphatic carboxylic acids is 2. The minimum Gasteiger partial charge on any atom is -0.495 e. The minimum atomic E-state index is -0.758. The highest BCUT2D eigenvalue weighted by Crippen LogP contribution is 2.38. The van der Waals surface area contributed by atoms with Crippen molar-refractivity contribution in [2.75, 3.05) is 24.9 Å². The van der Waals surface area contributed by atoms with Crippen molar-refractivity contribution in [2.24, 2.45) is 11.8 Å². The van der Waals surface area contributed by atoms with Gasteiger partial charge in [0.25, 0.3) is 0 Å². The fourth-order valence-corrected chi connectivity index (χ4v) is 5.58. The fourth-order valence-electron chi connectivity index (χ4n) is 5.58. The van der Waals surface area contributed by atoms with Crippen molar-refractivity contribution in [1.29, 1.82) is 0 Å². The molecule has 0 radical (unpaired) electrons. The van der Waals surface area contributed by atoms with Gasteiger partial charge < -0.3 is 30.3 Å². The van der Waals surface area contributed by atoms with Crippen LogP contribution in [0.25, 0.3) is 11.1 Å². The van der Waals surface area contributed by atoms with Gasteiger partial charge in [0, 0.05) is 12.1 Å². The number of carboxylic acids is 2. The molecule has 0 amide bonds. The normalized spacial score (nSPS) is 23.9. The SMILES string of the molecule is COc1cc(-c2ccc(NC3CCCCC3C(=O)O)c(OC)c2)ccc1NC1CCCCC1C(=O)O. The molecule has 2 aromatic rings. The summed E-state index contributed by atoms with van der Waals surface area (Å²) in [5.74, 6) is -1.03. The Labute approximate surface area is 212 Å². The van der Waals surface area contributed by atoms with Crippen molar-refractivity contribution < 1.29 is 29.3 Å². The van der Waals surface area contributed by atoms with Crippen LogP contribution >= 0.6 is 0 Å². The molecule has 2 aromatic carbocycles. The zero-order valence-electron chi connectivity index (χ0n) is 21.0. The molecule has 2 aliphatic carbocycles. The van der Waals surface area contributed by atoms with E-state index in [1.165, 1.54) is 0 Å². The number of carbonyl (C=O) groups is 2. The molecule has 0 heterocycles. The van der Waals surface area contributed by atoms with Crippen molar-refractivity contribution in [3.05, 3.63) is 36.4 Å². The van der Waals surface area contributed by atoms with E-state index in [-0.39, 0.29) is 12.1 Å². The molecule has 4 N–H and O–H groups in total. The first-order valence-corrected chi connectivity index (χ1v) is 12.8. The summed E-state index contributed by atoms with van der Waals surface area (Å²) in [6.07, 6.45) is 6.90. The van der Waals surface area contributed by atoms with Gasteiger partial charge in [-0.1, -0.05) is 37.8 Å². The molecule has 4 rings (SSSR count). The zero-order chi connectivity index (χ0) is 25.7. The Balaban J connectivity index is 1.54. The van der Waals surface area contributed by atoms with Crippen LogP contribution in [0.4, 0.5) is 11.4 Å². The third-order valence-corrected chi connectivity index (χ3v) is 7.58. The van der Waals surface area contributed by atoms with E-state index in [1.807, 2.05) is 36.4 Å². The Morgan fingerprint density at radius 3 is 1.44 bits per heavy atom. The van der Waals surface area contributed by atoms with Gasteiger partial charge in [0.1, 0.15) is 11.5 Å². The van der Waals surface area contributed by atoms with Gasteiger partial charge in [-0.15, -0.1) is 0 Å². The largest absolute Gasteiger partial charge is 0.495 e. The van der Waals surface area contributed by atoms with E-state index in [1.54, 1.807) is 14.2 Å². The first kappa shape index (κ1) is 25.7. The minimum absolute atomic E-state index is 0.129. The van der Waals surface area contributed by atoms with Crippen molar-refractivity contribution in [1.82, 2.24) is 0 Å². The van der Waals surface area contributed by atoms with Crippen LogP contribution in [0.2, 0.25) is 0 Å². The molecule has 0 saturated heterocycles. The molecule has 0 bridgehead atoms. The van der Waals surface area contributed by atoms with Crippen LogP contribution in [0.1, 0.15) is 51.4 Å². The number of methoxy groups -OCH3 is 2. The molecule has 0 spiro atoms. The highest BCUT2D eigenvalue weighted by Gasteiger charge is 2.32. The average molecular weight is 497 g/mol. The van der Waals surface area contributed by atoms with Gasteiger partial charge in [-0.25, -0.2) is 0 Å². The van der Waals surface area contributed by atoms with E-state index in [9.17, 15) is 19.8 Å². The van der Waals surface area contributed by atoms with Gasteiger partial charge in [0.05, 0.1) is 37.4 Å². The van der Waals surface area contributed by atoms with E-state index in [4.69, 9.17) is 9.47 Å². The summed E-state index contributed by atoms with van der Waals surface area (Å²) in [5, 5.41) is 26.0. The predicted molar refractivity (Wildman–Crippen MR) is 139 cm³/mol. The zero-order valence-corrected chi connectivity index (χ0v) is 21.0. The van der Waals surface area contributed by atoms with Crippen molar-refractivity contribution in [2.45, 2.75) is 63.5 Å². The lowest BCUT2D eigenvalue weighted by Crippen LogP contribution is -2.37. The predicted octanol–water partition coefficient (Wildman–Crippen LogP) is 5.48. The van der Waals surface area contributed by atoms with Crippen molar-refractivity contribution in [3.8, 4) is 22.6 Å². The lowest BCUT2D eigenvalue weighted by molar-refractivity contribution is -0.144. The number of hydrogen-bond donors (Lipinski definition) is 4. The standard InChI is InChI=1S/C28H36N2O6/c1-35-25-15-17(11-13-23(25)29-21-9-5-3-7-19(21)27(31)32)18-12-14-24(26(16-18)36-2)30-22-10-6-4-8-20(22)28(33)34/h11-16,19-22,29-30H,3-10H2,1-2H3,(H,31,32)(H,33,34). The Kier molecular flexibility index (Phi) is 8.23. The number of ether oxygens (including phenoxy) is 2. The molecule has 194 valence electrons. The smallest absolute Gasteiger partial charge is 0.308 e. The lowest BCUT2D eigenvalue weighted by Gasteiger charge is -2.31. The number of rotatable bonds is 9. The summed E-state index contributed by atoms with van der Waals surface area (Å²) in [5.41, 5.74) is 3.42. The Hall–Kier alpha value is -3.42. The number of nitrogens with one attached hydrogen (secondary N) is 2. The molecule has 8 nitrogen and oxygen atoms in total. The topological polar surface area (TPSA) is 117 Å². The molecule has 8 heteroatoms. The third kappa shape index (κ3) is 5.69. The summed E-state index contributed by atoms with van der Waals surface area (Å²) in [6.45, 7) is 0. The second-order valence-corrected chi connectivity index (χ2v) is 9.79. The van der Waals surface area contributed by atoms with Crippen molar-refractivity contribution >= 4 is 23.3 Å². The Bertz CT molecular complexity index is 1000. The van der Waals surface area contributed by atoms with E-state index >= 15 is 0 Å². The van der Waals surface area contributed by atoms with Gasteiger partial charge >= 0.3 is 11.9 Å². The van der Waals surface area contributed by atoms with Crippen LogP contribution in [0.15, 0.2) is 36.4 Å². The molecule has 0 aliphatic heterocycles. The molecule has 36 heavy (non-hydrogen) atoms. The van der Waals surface area contributed by atoms with Crippen LogP contribution in [-0.2, 0) is 9.59 Å². The first-order valence-electron chi connectivity index (χ1n) is 12.8. The molecular formula is C28H36N2O6. The van der Waals surface area contributed by atoms with Crippen molar-refractivity contribution in [3.63, 3.8) is 0 Å². The maximum Gasteiger partial charge on any atom is 0.308 e. The number of anilines is 2. The van der Waals surface area contributed by atoms with Gasteiger partial charge in [-0.05, 0) is 61.1 Å². The Morgan fingerprint density at radius 1 is 0.694 bits per heavy atom. The molecule has 4 unspecified atom stereocenters. The van der Waals surface area contributed by atoms with Crippen LogP contribution in [0.3, 0.4) is 0 Å². The highest BCUT2D eigenvalue weighted by molar-refractivity contribution is 5.77. The van der Waals surface area contributed by atoms with Gasteiger partial charge in [-0.2, -0.15) is 0 Å². The van der Waals surface area contributed by atoms with Crippen LogP contribution in [-0.4, -0.2) is 48.5 Å². The number of carboxylic acid groups (broad SMARTS) is 2. The molecule has 2 fully saturated rings. The fraction of sp³-hybridized carbons (Fsp3) is 0.500. The summed E-state index contributed by atoms with van der Waals surface area (Å²) < 4.78 is 11.3. The van der Waals surface area contributed by atoms with Crippen LogP contribution in [0.5, 0.6) is 11.5 Å². The molecule has 2 aliphatic rings. The van der Waals surface area contributed by atoms with Crippen LogP contribution < -0.4 is 20.1 Å². The maximum absolute atomic E-state index is 11.7. The van der Waals surface area contributed by atoms with E-state index in [0.29, 0.717) is 24.3 Å². The summed E-state index contributed by atoms with van der Waals surface area (Å²) in [6, 6.07) is 11.4. The summed E-state index contributed by atoms with van der Waals surface area (Å²) >= 11 is 0. The monoisotopic (exact) mass is 496 g/mol. The summed E-state index contributed by atoms with van der Waals surface area (Å²) in [7, 11) is 3.22. The molecule has 4 atom stereocenters. The second-order valence-electron chi connectivity index (χ2n) is 9.79. The number of hydrogen-bond acceptors (Lipinski definition) is 6. The third-order valence-electron chi connectivity index (χ3n) is 7.58. The molecule has 2 saturated carbocycles. The quantitative estimate of drug-likeness (QED) is 0.360. The van der Waals surface area contributed by atoms with E-state index in [2.05, 4.69) is 10.6 Å². The maximum atomic E-state index is 11.7. The average Bonchev–Trinajstić information content (AvgIpc) is 2.89. The molecular weight excluding hydrogens is 460 g/mol. The van der Waals surface area contributed by atoms with Gasteiger partial charge in [-0.3, -0.25) is 9.59 Å². The Morgan fingerprint density at radius 2 is 1.08 bits per heavy atom. The van der Waals surface area contributed by atoms with E-state index < -0.39 is 23.8 Å². The van der Waals surface area contributed by atoms with Gasteiger partial charge in [0.2, 0.25) is 0 Å². The summed E-state index contributed by atoms with van der Waals surface area (Å²) in [4.78, 5) is 23.4. The van der Waals surface area contributed by atoms with Gasteiger partial charge in [0.15, 0.2) is 0 Å². The van der Waals surface area contributed by atoms with Crippen LogP contribution in [0, 0.1) is 11.8 Å². The molecule has 0 aromatic heterocycles. The first-order chi connectivity index (χ1) is 17.4.